The third kappa shape index (κ3) is 2.01. The molecular formula is C10H8O3S. The minimum absolute atomic E-state index is 0.0913. The second kappa shape index (κ2) is 3.64. The van der Waals surface area contributed by atoms with Crippen molar-refractivity contribution in [3.63, 3.8) is 0 Å². The molecule has 0 atom stereocenters. The molecule has 0 fully saturated rings. The molecule has 0 bridgehead atoms. The molecule has 0 unspecified atom stereocenters. The lowest BCUT2D eigenvalue weighted by Gasteiger charge is -1.97. The Bertz CT molecular complexity index is 489. The van der Waals surface area contributed by atoms with Crippen molar-refractivity contribution in [2.45, 2.75) is 6.92 Å². The van der Waals surface area contributed by atoms with E-state index < -0.39 is 15.0 Å². The summed E-state index contributed by atoms with van der Waals surface area (Å²) in [6.45, 7) is 1.84. The topological polar surface area (TPSA) is 51.2 Å². The van der Waals surface area contributed by atoms with Crippen molar-refractivity contribution in [1.29, 1.82) is 0 Å². The summed E-state index contributed by atoms with van der Waals surface area (Å²) in [6, 6.07) is 6.18. The van der Waals surface area contributed by atoms with Crippen molar-refractivity contribution in [2.24, 2.45) is 0 Å². The van der Waals surface area contributed by atoms with Crippen LogP contribution in [0.5, 0.6) is 0 Å². The fraction of sp³-hybridized carbons (Fsp3) is 0.100. The van der Waals surface area contributed by atoms with Gasteiger partial charge in [0.2, 0.25) is 0 Å². The lowest BCUT2D eigenvalue weighted by molar-refractivity contribution is 0.107. The summed E-state index contributed by atoms with van der Waals surface area (Å²) in [6.07, 6.45) is 4.72. The zero-order valence-electron chi connectivity index (χ0n) is 7.52. The van der Waals surface area contributed by atoms with Crippen LogP contribution in [0.3, 0.4) is 0 Å². The molecule has 0 aromatic heterocycles. The second-order valence-electron chi connectivity index (χ2n) is 2.77. The Morgan fingerprint density at radius 1 is 1.29 bits per heavy atom. The number of benzene rings is 1. The quantitative estimate of drug-likeness (QED) is 0.513. The van der Waals surface area contributed by atoms with Crippen molar-refractivity contribution in [2.75, 3.05) is 0 Å². The summed E-state index contributed by atoms with van der Waals surface area (Å²) in [5, 5.41) is 0.449. The van der Waals surface area contributed by atoms with Crippen LogP contribution in [-0.4, -0.2) is 13.5 Å². The third-order valence-electron chi connectivity index (χ3n) is 1.69. The van der Waals surface area contributed by atoms with Crippen LogP contribution >= 0.6 is 0 Å². The van der Waals surface area contributed by atoms with Gasteiger partial charge in [-0.25, -0.2) is 8.42 Å². The molecule has 0 aliphatic heterocycles. The molecule has 0 aliphatic carbocycles. The molecular weight excluding hydrogens is 200 g/mol. The van der Waals surface area contributed by atoms with Crippen LogP contribution in [0.15, 0.2) is 24.3 Å². The highest BCUT2D eigenvalue weighted by Crippen LogP contribution is 2.07. The van der Waals surface area contributed by atoms with Gasteiger partial charge in [-0.05, 0) is 6.92 Å². The van der Waals surface area contributed by atoms with E-state index in [4.69, 9.17) is 6.42 Å². The molecule has 0 N–H and O–H groups in total. The van der Waals surface area contributed by atoms with Crippen LogP contribution in [-0.2, 0) is 9.84 Å². The molecule has 0 radical (unpaired) electrons. The van der Waals surface area contributed by atoms with Crippen LogP contribution in [0.2, 0.25) is 0 Å². The zero-order valence-corrected chi connectivity index (χ0v) is 8.34. The largest absolute Gasteiger partial charge is 0.289 e. The van der Waals surface area contributed by atoms with Crippen molar-refractivity contribution in [3.05, 3.63) is 35.4 Å². The van der Waals surface area contributed by atoms with Gasteiger partial charge in [0.15, 0.2) is 0 Å². The Labute approximate surface area is 82.7 Å². The van der Waals surface area contributed by atoms with Crippen LogP contribution < -0.4 is 0 Å². The molecule has 14 heavy (non-hydrogen) atoms. The molecule has 0 spiro atoms. The van der Waals surface area contributed by atoms with E-state index in [2.05, 4.69) is 0 Å². The normalized spacial score (nSPS) is 10.6. The number of aryl methyl sites for hydroxylation is 1. The Kier molecular flexibility index (Phi) is 2.73. The molecule has 4 heteroatoms. The summed E-state index contributed by atoms with van der Waals surface area (Å²) in [5.74, 6) is 0. The first-order valence-corrected chi connectivity index (χ1v) is 5.29. The number of sulfone groups is 1. The molecule has 0 heterocycles. The first-order valence-electron chi connectivity index (χ1n) is 3.81. The van der Waals surface area contributed by atoms with E-state index in [1.165, 1.54) is 17.4 Å². The van der Waals surface area contributed by atoms with Gasteiger partial charge in [-0.1, -0.05) is 29.8 Å². The van der Waals surface area contributed by atoms with E-state index in [9.17, 15) is 13.2 Å². The lowest BCUT2D eigenvalue weighted by atomic mass is 10.2. The standard InChI is InChI=1S/C10H8O3S/c1-3-14(12,13)10(11)9-6-4-8(2)5-7-9/h1,4-7H,2H3. The van der Waals surface area contributed by atoms with E-state index in [-0.39, 0.29) is 5.56 Å². The Hall–Kier alpha value is -1.60. The van der Waals surface area contributed by atoms with Crippen molar-refractivity contribution in [1.82, 2.24) is 0 Å². The number of rotatable bonds is 1. The monoisotopic (exact) mass is 208 g/mol. The van der Waals surface area contributed by atoms with Gasteiger partial charge in [0.25, 0.3) is 15.0 Å². The van der Waals surface area contributed by atoms with Gasteiger partial charge in [-0.15, -0.1) is 6.42 Å². The van der Waals surface area contributed by atoms with Crippen molar-refractivity contribution < 1.29 is 13.2 Å². The SMILES string of the molecule is C#CS(=O)(=O)C(=O)c1ccc(C)cc1. The van der Waals surface area contributed by atoms with Crippen LogP contribution in [0.25, 0.3) is 0 Å². The fourth-order valence-corrected chi connectivity index (χ4v) is 1.45. The maximum absolute atomic E-state index is 11.3. The van der Waals surface area contributed by atoms with Crippen LogP contribution in [0, 0.1) is 18.6 Å². The highest BCUT2D eigenvalue weighted by molar-refractivity contribution is 8.10. The van der Waals surface area contributed by atoms with Gasteiger partial charge in [-0.3, -0.25) is 4.79 Å². The van der Waals surface area contributed by atoms with E-state index >= 15 is 0 Å². The number of carbonyl (C=O) groups excluding carboxylic acids is 1. The molecule has 3 nitrogen and oxygen atoms in total. The smallest absolute Gasteiger partial charge is 0.275 e. The highest BCUT2D eigenvalue weighted by Gasteiger charge is 2.20. The molecule has 0 saturated carbocycles. The van der Waals surface area contributed by atoms with Gasteiger partial charge < -0.3 is 0 Å². The summed E-state index contributed by atoms with van der Waals surface area (Å²) in [4.78, 5) is 11.3. The summed E-state index contributed by atoms with van der Waals surface area (Å²) >= 11 is 0. The summed E-state index contributed by atoms with van der Waals surface area (Å²) < 4.78 is 22.0. The van der Waals surface area contributed by atoms with Gasteiger partial charge in [0.1, 0.15) is 0 Å². The van der Waals surface area contributed by atoms with E-state index in [0.717, 1.165) is 5.56 Å². The molecule has 0 amide bonds. The van der Waals surface area contributed by atoms with E-state index in [1.54, 1.807) is 12.1 Å². The first-order chi connectivity index (χ1) is 6.47. The fourth-order valence-electron chi connectivity index (χ4n) is 0.898. The average Bonchev–Trinajstić information content (AvgIpc) is 2.18. The average molecular weight is 208 g/mol. The van der Waals surface area contributed by atoms with Crippen LogP contribution in [0.4, 0.5) is 0 Å². The molecule has 0 aliphatic rings. The second-order valence-corrected chi connectivity index (χ2v) is 4.39. The van der Waals surface area contributed by atoms with Gasteiger partial charge in [0, 0.05) is 10.8 Å². The predicted molar refractivity (Wildman–Crippen MR) is 53.3 cm³/mol. The number of hydrogen-bond donors (Lipinski definition) is 0. The minimum Gasteiger partial charge on any atom is -0.275 e. The van der Waals surface area contributed by atoms with Crippen molar-refractivity contribution in [3.8, 4) is 11.7 Å². The number of hydrogen-bond acceptors (Lipinski definition) is 3. The third-order valence-corrected chi connectivity index (χ3v) is 2.72. The molecule has 1 aromatic rings. The summed E-state index contributed by atoms with van der Waals surface area (Å²) in [5.41, 5.74) is 1.04. The van der Waals surface area contributed by atoms with Gasteiger partial charge in [0.05, 0.1) is 0 Å². The number of carbonyl (C=O) groups is 1. The Balaban J connectivity index is 3.16. The van der Waals surface area contributed by atoms with E-state index in [1.807, 2.05) is 6.92 Å². The Morgan fingerprint density at radius 3 is 2.21 bits per heavy atom. The maximum atomic E-state index is 11.3. The maximum Gasteiger partial charge on any atom is 0.289 e. The molecule has 0 saturated heterocycles. The van der Waals surface area contributed by atoms with Crippen molar-refractivity contribution >= 4 is 15.0 Å². The molecule has 1 rings (SSSR count). The zero-order chi connectivity index (χ0) is 10.8. The lowest BCUT2D eigenvalue weighted by Crippen LogP contribution is -2.11. The predicted octanol–water partition coefficient (Wildman–Crippen LogP) is 1.14. The summed E-state index contributed by atoms with van der Waals surface area (Å²) in [7, 11) is -4.08. The minimum atomic E-state index is -4.08. The molecule has 1 aromatic carbocycles. The Morgan fingerprint density at radius 2 is 1.79 bits per heavy atom. The van der Waals surface area contributed by atoms with Gasteiger partial charge in [-0.2, -0.15) is 0 Å². The number of terminal acetylenes is 1. The first kappa shape index (κ1) is 10.5. The highest BCUT2D eigenvalue weighted by atomic mass is 32.2. The van der Waals surface area contributed by atoms with Gasteiger partial charge >= 0.3 is 0 Å². The van der Waals surface area contributed by atoms with Crippen LogP contribution in [0.1, 0.15) is 15.9 Å². The van der Waals surface area contributed by atoms with E-state index in [0.29, 0.717) is 0 Å². The molecule has 72 valence electrons.